The van der Waals surface area contributed by atoms with E-state index in [2.05, 4.69) is 30.7 Å². The third kappa shape index (κ3) is 2.61. The van der Waals surface area contributed by atoms with Gasteiger partial charge in [0, 0.05) is 6.61 Å². The average Bonchev–Trinajstić information content (AvgIpc) is 2.51. The molecule has 1 rings (SSSR count). The van der Waals surface area contributed by atoms with Crippen LogP contribution in [0.15, 0.2) is 16.8 Å². The summed E-state index contributed by atoms with van der Waals surface area (Å²) in [6, 6.07) is 2.13. The van der Waals surface area contributed by atoms with Crippen LogP contribution >= 0.6 is 11.3 Å². The Bertz CT molecular complexity index is 204. The van der Waals surface area contributed by atoms with Crippen LogP contribution < -0.4 is 0 Å². The van der Waals surface area contributed by atoms with Crippen molar-refractivity contribution >= 4 is 11.3 Å². The lowest BCUT2D eigenvalue weighted by molar-refractivity contribution is 0.189. The summed E-state index contributed by atoms with van der Waals surface area (Å²) in [5.74, 6) is 0.981. The number of hydrogen-bond donors (Lipinski definition) is 1. The zero-order valence-corrected chi connectivity index (χ0v) is 8.47. The van der Waals surface area contributed by atoms with E-state index in [4.69, 9.17) is 5.11 Å². The first kappa shape index (κ1) is 9.75. The Kier molecular flexibility index (Phi) is 3.76. The minimum atomic E-state index is 0.299. The van der Waals surface area contributed by atoms with Crippen LogP contribution in [0.1, 0.15) is 19.4 Å². The van der Waals surface area contributed by atoms with Gasteiger partial charge in [-0.25, -0.2) is 0 Å². The molecule has 0 bridgehead atoms. The summed E-state index contributed by atoms with van der Waals surface area (Å²) in [6.45, 7) is 4.62. The van der Waals surface area contributed by atoms with Crippen LogP contribution in [0.4, 0.5) is 0 Å². The molecule has 2 heteroatoms. The van der Waals surface area contributed by atoms with Crippen LogP contribution in [0.2, 0.25) is 0 Å². The predicted octanol–water partition coefficient (Wildman–Crippen LogP) is 2.56. The molecule has 0 saturated carbocycles. The van der Waals surface area contributed by atoms with Gasteiger partial charge in [-0.05, 0) is 40.6 Å². The highest BCUT2D eigenvalue weighted by molar-refractivity contribution is 7.07. The Morgan fingerprint density at radius 1 is 1.50 bits per heavy atom. The molecule has 0 spiro atoms. The number of thiophene rings is 1. The van der Waals surface area contributed by atoms with E-state index in [0.29, 0.717) is 18.4 Å². The van der Waals surface area contributed by atoms with Crippen molar-refractivity contribution in [1.29, 1.82) is 0 Å². The molecule has 12 heavy (non-hydrogen) atoms. The quantitative estimate of drug-likeness (QED) is 0.762. The third-order valence-corrected chi connectivity index (χ3v) is 2.99. The molecular weight excluding hydrogens is 168 g/mol. The van der Waals surface area contributed by atoms with Crippen molar-refractivity contribution in [2.75, 3.05) is 6.61 Å². The van der Waals surface area contributed by atoms with Gasteiger partial charge in [-0.1, -0.05) is 13.8 Å². The highest BCUT2D eigenvalue weighted by Gasteiger charge is 2.12. The second-order valence-electron chi connectivity index (χ2n) is 3.52. The van der Waals surface area contributed by atoms with Crippen LogP contribution in [-0.4, -0.2) is 11.7 Å². The Hall–Kier alpha value is -0.340. The first-order valence-corrected chi connectivity index (χ1v) is 5.30. The highest BCUT2D eigenvalue weighted by Crippen LogP contribution is 2.18. The standard InChI is InChI=1S/C10H16OS/c1-8(2)10(6-11)5-9-3-4-12-7-9/h3-4,7-8,10-11H,5-6H2,1-2H3/t10-/m0/s1. The molecule has 0 saturated heterocycles. The normalized spacial score (nSPS) is 13.7. The molecule has 1 nitrogen and oxygen atoms in total. The SMILES string of the molecule is CC(C)[C@H](CO)Cc1ccsc1. The summed E-state index contributed by atoms with van der Waals surface area (Å²) in [4.78, 5) is 0. The molecule has 0 aromatic carbocycles. The Morgan fingerprint density at radius 2 is 2.25 bits per heavy atom. The van der Waals surface area contributed by atoms with Crippen molar-refractivity contribution in [2.24, 2.45) is 11.8 Å². The summed E-state index contributed by atoms with van der Waals surface area (Å²) >= 11 is 1.72. The largest absolute Gasteiger partial charge is 0.396 e. The van der Waals surface area contributed by atoms with E-state index in [-0.39, 0.29) is 0 Å². The van der Waals surface area contributed by atoms with E-state index in [9.17, 15) is 0 Å². The lowest BCUT2D eigenvalue weighted by Crippen LogP contribution is -2.15. The van der Waals surface area contributed by atoms with E-state index in [1.165, 1.54) is 5.56 Å². The molecule has 1 aromatic heterocycles. The van der Waals surface area contributed by atoms with Gasteiger partial charge in [0.05, 0.1) is 0 Å². The van der Waals surface area contributed by atoms with Crippen molar-refractivity contribution < 1.29 is 5.11 Å². The molecule has 1 heterocycles. The first-order chi connectivity index (χ1) is 5.74. The van der Waals surface area contributed by atoms with Crippen molar-refractivity contribution in [3.05, 3.63) is 22.4 Å². The molecular formula is C10H16OS. The molecule has 0 radical (unpaired) electrons. The molecule has 1 N–H and O–H groups in total. The van der Waals surface area contributed by atoms with Gasteiger partial charge in [0.15, 0.2) is 0 Å². The topological polar surface area (TPSA) is 20.2 Å². The number of hydrogen-bond acceptors (Lipinski definition) is 2. The van der Waals surface area contributed by atoms with E-state index in [1.807, 2.05) is 0 Å². The molecule has 68 valence electrons. The van der Waals surface area contributed by atoms with Crippen molar-refractivity contribution in [1.82, 2.24) is 0 Å². The Labute approximate surface area is 78.1 Å². The van der Waals surface area contributed by atoms with Gasteiger partial charge in [0.25, 0.3) is 0 Å². The van der Waals surface area contributed by atoms with Crippen LogP contribution in [0.25, 0.3) is 0 Å². The molecule has 0 aliphatic heterocycles. The van der Waals surface area contributed by atoms with Crippen LogP contribution in [0.3, 0.4) is 0 Å². The summed E-state index contributed by atoms with van der Waals surface area (Å²) in [5.41, 5.74) is 1.35. The molecule has 0 fully saturated rings. The monoisotopic (exact) mass is 184 g/mol. The van der Waals surface area contributed by atoms with Crippen molar-refractivity contribution in [3.8, 4) is 0 Å². The molecule has 0 unspecified atom stereocenters. The zero-order chi connectivity index (χ0) is 8.97. The number of rotatable bonds is 4. The minimum Gasteiger partial charge on any atom is -0.396 e. The Balaban J connectivity index is 2.48. The summed E-state index contributed by atoms with van der Waals surface area (Å²) in [6.07, 6.45) is 1.01. The van der Waals surface area contributed by atoms with Gasteiger partial charge in [-0.3, -0.25) is 0 Å². The van der Waals surface area contributed by atoms with Gasteiger partial charge in [0.1, 0.15) is 0 Å². The van der Waals surface area contributed by atoms with Crippen LogP contribution in [-0.2, 0) is 6.42 Å². The maximum atomic E-state index is 9.10. The molecule has 0 aliphatic carbocycles. The lowest BCUT2D eigenvalue weighted by Gasteiger charge is -2.16. The van der Waals surface area contributed by atoms with Crippen LogP contribution in [0, 0.1) is 11.8 Å². The fourth-order valence-electron chi connectivity index (χ4n) is 1.22. The minimum absolute atomic E-state index is 0.299. The van der Waals surface area contributed by atoms with Gasteiger partial charge < -0.3 is 5.11 Å². The molecule has 0 amide bonds. The lowest BCUT2D eigenvalue weighted by atomic mass is 9.91. The van der Waals surface area contributed by atoms with Gasteiger partial charge in [-0.15, -0.1) is 0 Å². The van der Waals surface area contributed by atoms with Crippen molar-refractivity contribution in [2.45, 2.75) is 20.3 Å². The fourth-order valence-corrected chi connectivity index (χ4v) is 1.90. The van der Waals surface area contributed by atoms with Crippen LogP contribution in [0.5, 0.6) is 0 Å². The van der Waals surface area contributed by atoms with Gasteiger partial charge in [-0.2, -0.15) is 11.3 Å². The predicted molar refractivity (Wildman–Crippen MR) is 53.4 cm³/mol. The fraction of sp³-hybridized carbons (Fsp3) is 0.600. The Morgan fingerprint density at radius 3 is 2.67 bits per heavy atom. The van der Waals surface area contributed by atoms with Crippen molar-refractivity contribution in [3.63, 3.8) is 0 Å². The maximum Gasteiger partial charge on any atom is 0.0464 e. The number of aliphatic hydroxyl groups is 1. The zero-order valence-electron chi connectivity index (χ0n) is 7.66. The summed E-state index contributed by atoms with van der Waals surface area (Å²) < 4.78 is 0. The second kappa shape index (κ2) is 4.63. The number of aliphatic hydroxyl groups excluding tert-OH is 1. The van der Waals surface area contributed by atoms with E-state index >= 15 is 0 Å². The maximum absolute atomic E-state index is 9.10. The van der Waals surface area contributed by atoms with E-state index in [1.54, 1.807) is 11.3 Å². The molecule has 1 aromatic rings. The van der Waals surface area contributed by atoms with E-state index in [0.717, 1.165) is 6.42 Å². The van der Waals surface area contributed by atoms with Gasteiger partial charge >= 0.3 is 0 Å². The highest BCUT2D eigenvalue weighted by atomic mass is 32.1. The van der Waals surface area contributed by atoms with E-state index < -0.39 is 0 Å². The van der Waals surface area contributed by atoms with Gasteiger partial charge in [0.2, 0.25) is 0 Å². The molecule has 1 atom stereocenters. The summed E-state index contributed by atoms with van der Waals surface area (Å²) in [5, 5.41) is 13.3. The first-order valence-electron chi connectivity index (χ1n) is 4.36. The molecule has 0 aliphatic rings. The average molecular weight is 184 g/mol. The second-order valence-corrected chi connectivity index (χ2v) is 4.30. The summed E-state index contributed by atoms with van der Waals surface area (Å²) in [7, 11) is 0. The smallest absolute Gasteiger partial charge is 0.0464 e. The third-order valence-electron chi connectivity index (χ3n) is 2.26.